The molecule has 0 aliphatic heterocycles. The Morgan fingerprint density at radius 1 is 1.12 bits per heavy atom. The lowest BCUT2D eigenvalue weighted by Crippen LogP contribution is -2.35. The fraction of sp³-hybridized carbons (Fsp3) is 0.200. The van der Waals surface area contributed by atoms with Gasteiger partial charge in [-0.15, -0.1) is 0 Å². The molecule has 1 N–H and O–H groups in total. The van der Waals surface area contributed by atoms with E-state index in [2.05, 4.69) is 16.4 Å². The molecule has 24 heavy (non-hydrogen) atoms. The van der Waals surface area contributed by atoms with Crippen molar-refractivity contribution in [3.05, 3.63) is 66.4 Å². The molecule has 0 fully saturated rings. The Morgan fingerprint density at radius 2 is 1.96 bits per heavy atom. The van der Waals surface area contributed by atoms with Crippen LogP contribution in [0.25, 0.3) is 22.0 Å². The van der Waals surface area contributed by atoms with Gasteiger partial charge in [0, 0.05) is 35.9 Å². The lowest BCUT2D eigenvalue weighted by atomic mass is 10.0. The third-order valence-corrected chi connectivity index (χ3v) is 3.84. The summed E-state index contributed by atoms with van der Waals surface area (Å²) in [6.07, 6.45) is 1.84. The summed E-state index contributed by atoms with van der Waals surface area (Å²) in [6.45, 7) is 2.40. The molecule has 0 bridgehead atoms. The minimum absolute atomic E-state index is 0.0338. The highest BCUT2D eigenvalue weighted by molar-refractivity contribution is 5.96. The summed E-state index contributed by atoms with van der Waals surface area (Å²) >= 11 is 0. The number of rotatable bonds is 5. The van der Waals surface area contributed by atoms with Crippen molar-refractivity contribution in [3.63, 3.8) is 0 Å². The molecule has 0 aliphatic rings. The van der Waals surface area contributed by atoms with Crippen LogP contribution >= 0.6 is 0 Å². The van der Waals surface area contributed by atoms with Gasteiger partial charge in [-0.1, -0.05) is 30.3 Å². The predicted molar refractivity (Wildman–Crippen MR) is 96.0 cm³/mol. The number of ether oxygens (including phenoxy) is 1. The van der Waals surface area contributed by atoms with Gasteiger partial charge < -0.3 is 10.1 Å². The maximum Gasteiger partial charge on any atom is 0.251 e. The number of para-hydroxylation sites is 1. The van der Waals surface area contributed by atoms with Gasteiger partial charge in [-0.3, -0.25) is 9.78 Å². The Kier molecular flexibility index (Phi) is 4.87. The first-order valence-corrected chi connectivity index (χ1v) is 7.92. The molecule has 0 saturated heterocycles. The maximum absolute atomic E-state index is 12.3. The molecule has 1 heterocycles. The van der Waals surface area contributed by atoms with Gasteiger partial charge in [-0.05, 0) is 36.8 Å². The zero-order chi connectivity index (χ0) is 16.9. The summed E-state index contributed by atoms with van der Waals surface area (Å²) in [5.41, 5.74) is 3.56. The number of aromatic nitrogens is 1. The van der Waals surface area contributed by atoms with Gasteiger partial charge in [0.2, 0.25) is 0 Å². The van der Waals surface area contributed by atoms with E-state index in [1.54, 1.807) is 7.11 Å². The standard InChI is InChI=1S/C20H20N2O2/c1-14(13-24-2)22-20(23)17-8-5-7-15(10-17)18-11-16-6-3-4-9-19(16)21-12-18/h3-12,14H,13H2,1-2H3,(H,22,23). The second kappa shape index (κ2) is 7.23. The van der Waals surface area contributed by atoms with E-state index in [0.717, 1.165) is 22.0 Å². The molecule has 0 spiro atoms. The van der Waals surface area contributed by atoms with Gasteiger partial charge >= 0.3 is 0 Å². The molecule has 1 aromatic heterocycles. The zero-order valence-corrected chi connectivity index (χ0v) is 13.8. The molecule has 0 radical (unpaired) electrons. The van der Waals surface area contributed by atoms with Gasteiger partial charge in [0.05, 0.1) is 12.1 Å². The number of amides is 1. The Hall–Kier alpha value is -2.72. The number of benzene rings is 2. The van der Waals surface area contributed by atoms with Crippen molar-refractivity contribution in [2.24, 2.45) is 0 Å². The summed E-state index contributed by atoms with van der Waals surface area (Å²) in [7, 11) is 1.62. The molecule has 1 unspecified atom stereocenters. The average Bonchev–Trinajstić information content (AvgIpc) is 2.61. The van der Waals surface area contributed by atoms with E-state index in [-0.39, 0.29) is 11.9 Å². The van der Waals surface area contributed by atoms with E-state index < -0.39 is 0 Å². The fourth-order valence-corrected chi connectivity index (χ4v) is 2.67. The highest BCUT2D eigenvalue weighted by Crippen LogP contribution is 2.23. The van der Waals surface area contributed by atoms with Crippen LogP contribution in [0, 0.1) is 0 Å². The van der Waals surface area contributed by atoms with Gasteiger partial charge in [0.1, 0.15) is 0 Å². The molecule has 122 valence electrons. The molecular weight excluding hydrogens is 300 g/mol. The zero-order valence-electron chi connectivity index (χ0n) is 13.8. The lowest BCUT2D eigenvalue weighted by Gasteiger charge is -2.13. The largest absolute Gasteiger partial charge is 0.383 e. The number of fused-ring (bicyclic) bond motifs is 1. The molecule has 3 aromatic rings. The van der Waals surface area contributed by atoms with Crippen molar-refractivity contribution in [2.75, 3.05) is 13.7 Å². The molecule has 1 amide bonds. The Morgan fingerprint density at radius 3 is 2.79 bits per heavy atom. The van der Waals surface area contributed by atoms with Gasteiger partial charge in [-0.25, -0.2) is 0 Å². The Bertz CT molecular complexity index is 861. The van der Waals surface area contributed by atoms with Crippen LogP contribution < -0.4 is 5.32 Å². The Balaban J connectivity index is 1.87. The molecule has 1 atom stereocenters. The summed E-state index contributed by atoms with van der Waals surface area (Å²) < 4.78 is 5.05. The summed E-state index contributed by atoms with van der Waals surface area (Å²) in [5.74, 6) is -0.102. The number of nitrogens with zero attached hydrogens (tertiary/aromatic N) is 1. The molecular formula is C20H20N2O2. The SMILES string of the molecule is COCC(C)NC(=O)c1cccc(-c2cnc3ccccc3c2)c1. The highest BCUT2D eigenvalue weighted by atomic mass is 16.5. The van der Waals surface area contributed by atoms with Crippen LogP contribution in [0.2, 0.25) is 0 Å². The van der Waals surface area contributed by atoms with Crippen molar-refractivity contribution in [1.29, 1.82) is 0 Å². The maximum atomic E-state index is 12.3. The molecule has 3 rings (SSSR count). The van der Waals surface area contributed by atoms with E-state index in [9.17, 15) is 4.79 Å². The molecule has 2 aromatic carbocycles. The second-order valence-corrected chi connectivity index (χ2v) is 5.83. The van der Waals surface area contributed by atoms with Crippen LogP contribution in [0.15, 0.2) is 60.8 Å². The molecule has 4 heteroatoms. The van der Waals surface area contributed by atoms with Crippen LogP contribution in [0.3, 0.4) is 0 Å². The van der Waals surface area contributed by atoms with Crippen molar-refractivity contribution in [3.8, 4) is 11.1 Å². The van der Waals surface area contributed by atoms with E-state index in [1.165, 1.54) is 0 Å². The van der Waals surface area contributed by atoms with Crippen molar-refractivity contribution >= 4 is 16.8 Å². The Labute approximate surface area is 141 Å². The fourth-order valence-electron chi connectivity index (χ4n) is 2.67. The molecule has 0 aliphatic carbocycles. The van der Waals surface area contributed by atoms with E-state index in [1.807, 2.05) is 61.7 Å². The molecule has 4 nitrogen and oxygen atoms in total. The van der Waals surface area contributed by atoms with Crippen molar-refractivity contribution in [1.82, 2.24) is 10.3 Å². The third-order valence-electron chi connectivity index (χ3n) is 3.84. The highest BCUT2D eigenvalue weighted by Gasteiger charge is 2.11. The first kappa shape index (κ1) is 16.1. The number of pyridine rings is 1. The van der Waals surface area contributed by atoms with Crippen LogP contribution in [-0.2, 0) is 4.74 Å². The van der Waals surface area contributed by atoms with Gasteiger partial charge in [0.25, 0.3) is 5.91 Å². The first-order chi connectivity index (χ1) is 11.7. The lowest BCUT2D eigenvalue weighted by molar-refractivity contribution is 0.0905. The average molecular weight is 320 g/mol. The minimum Gasteiger partial charge on any atom is -0.383 e. The van der Waals surface area contributed by atoms with Gasteiger partial charge in [0.15, 0.2) is 0 Å². The van der Waals surface area contributed by atoms with Crippen molar-refractivity contribution in [2.45, 2.75) is 13.0 Å². The van der Waals surface area contributed by atoms with Crippen LogP contribution in [-0.4, -0.2) is 30.6 Å². The predicted octanol–water partition coefficient (Wildman–Crippen LogP) is 3.67. The summed E-state index contributed by atoms with van der Waals surface area (Å²) in [4.78, 5) is 16.8. The van der Waals surface area contributed by atoms with Crippen LogP contribution in [0.4, 0.5) is 0 Å². The van der Waals surface area contributed by atoms with E-state index >= 15 is 0 Å². The van der Waals surface area contributed by atoms with Crippen LogP contribution in [0.5, 0.6) is 0 Å². The monoisotopic (exact) mass is 320 g/mol. The number of carbonyl (C=O) groups excluding carboxylic acids is 1. The second-order valence-electron chi connectivity index (χ2n) is 5.83. The minimum atomic E-state index is -0.102. The quantitative estimate of drug-likeness (QED) is 0.780. The number of hydrogen-bond donors (Lipinski definition) is 1. The smallest absolute Gasteiger partial charge is 0.251 e. The topological polar surface area (TPSA) is 51.2 Å². The number of carbonyl (C=O) groups is 1. The first-order valence-electron chi connectivity index (χ1n) is 7.92. The normalized spacial score (nSPS) is 12.1. The number of methoxy groups -OCH3 is 1. The van der Waals surface area contributed by atoms with E-state index in [0.29, 0.717) is 12.2 Å². The number of nitrogens with one attached hydrogen (secondary N) is 1. The third kappa shape index (κ3) is 3.60. The van der Waals surface area contributed by atoms with E-state index in [4.69, 9.17) is 4.74 Å². The van der Waals surface area contributed by atoms with Gasteiger partial charge in [-0.2, -0.15) is 0 Å². The summed E-state index contributed by atoms with van der Waals surface area (Å²) in [5, 5.41) is 4.01. The summed E-state index contributed by atoms with van der Waals surface area (Å²) in [6, 6.07) is 17.6. The molecule has 0 saturated carbocycles. The van der Waals surface area contributed by atoms with Crippen LogP contribution in [0.1, 0.15) is 17.3 Å². The number of hydrogen-bond acceptors (Lipinski definition) is 3. The van der Waals surface area contributed by atoms with Crippen molar-refractivity contribution < 1.29 is 9.53 Å².